The summed E-state index contributed by atoms with van der Waals surface area (Å²) in [6, 6.07) is 5.64. The normalized spacial score (nSPS) is 19.0. The van der Waals surface area contributed by atoms with E-state index in [0.717, 1.165) is 25.5 Å². The predicted octanol–water partition coefficient (Wildman–Crippen LogP) is 1.64. The van der Waals surface area contributed by atoms with Crippen LogP contribution in [0.3, 0.4) is 0 Å². The van der Waals surface area contributed by atoms with Gasteiger partial charge in [0.15, 0.2) is 0 Å². The molecule has 2 rings (SSSR count). The van der Waals surface area contributed by atoms with Crippen LogP contribution in [0.15, 0.2) is 18.2 Å². The summed E-state index contributed by atoms with van der Waals surface area (Å²) in [4.78, 5) is 12.0. The Morgan fingerprint density at radius 2 is 2.39 bits per heavy atom. The number of amides is 1. The Morgan fingerprint density at radius 3 is 3.06 bits per heavy atom. The maximum atomic E-state index is 13.0. The summed E-state index contributed by atoms with van der Waals surface area (Å²) in [6.45, 7) is 1.58. The molecule has 1 aromatic rings. The van der Waals surface area contributed by atoms with Gasteiger partial charge < -0.3 is 10.6 Å². The zero-order chi connectivity index (χ0) is 13.0. The Balaban J connectivity index is 2.09. The number of halogens is 1. The van der Waals surface area contributed by atoms with E-state index in [1.165, 1.54) is 12.1 Å². The molecule has 0 radical (unpaired) electrons. The van der Waals surface area contributed by atoms with Gasteiger partial charge in [-0.25, -0.2) is 4.39 Å². The Labute approximate surface area is 105 Å². The second kappa shape index (κ2) is 5.61. The number of nitriles is 1. The highest BCUT2D eigenvalue weighted by Gasteiger charge is 2.21. The topological polar surface area (TPSA) is 64.9 Å². The van der Waals surface area contributed by atoms with Crippen molar-refractivity contribution in [1.29, 1.82) is 5.26 Å². The molecule has 4 nitrogen and oxygen atoms in total. The lowest BCUT2D eigenvalue weighted by atomic mass is 9.98. The molecule has 1 fully saturated rings. The van der Waals surface area contributed by atoms with Crippen LogP contribution in [0.2, 0.25) is 0 Å². The number of piperidine rings is 1. The van der Waals surface area contributed by atoms with Crippen molar-refractivity contribution >= 4 is 11.6 Å². The first-order chi connectivity index (χ1) is 8.70. The van der Waals surface area contributed by atoms with Crippen molar-refractivity contribution in [2.24, 2.45) is 5.92 Å². The van der Waals surface area contributed by atoms with Crippen LogP contribution >= 0.6 is 0 Å². The molecule has 5 heteroatoms. The minimum Gasteiger partial charge on any atom is -0.325 e. The average Bonchev–Trinajstić information content (AvgIpc) is 2.41. The number of nitrogens with zero attached hydrogens (tertiary/aromatic N) is 1. The van der Waals surface area contributed by atoms with Gasteiger partial charge in [-0.3, -0.25) is 4.79 Å². The molecule has 1 amide bonds. The first-order valence-electron chi connectivity index (χ1n) is 5.92. The third-order valence-electron chi connectivity index (χ3n) is 3.03. The van der Waals surface area contributed by atoms with Crippen LogP contribution in [0.25, 0.3) is 0 Å². The molecule has 0 unspecified atom stereocenters. The monoisotopic (exact) mass is 247 g/mol. The number of hydrogen-bond donors (Lipinski definition) is 2. The van der Waals surface area contributed by atoms with Gasteiger partial charge in [0, 0.05) is 6.54 Å². The first kappa shape index (κ1) is 12.5. The van der Waals surface area contributed by atoms with Gasteiger partial charge in [-0.2, -0.15) is 5.26 Å². The van der Waals surface area contributed by atoms with Gasteiger partial charge in [0.1, 0.15) is 11.9 Å². The molecule has 1 aromatic carbocycles. The molecule has 18 heavy (non-hydrogen) atoms. The summed E-state index contributed by atoms with van der Waals surface area (Å²) in [7, 11) is 0. The van der Waals surface area contributed by atoms with E-state index in [1.807, 2.05) is 6.07 Å². The SMILES string of the molecule is N#Cc1cc(F)ccc1NC(=O)[C@H]1CCCNC1. The second-order valence-corrected chi connectivity index (χ2v) is 4.33. The number of benzene rings is 1. The van der Waals surface area contributed by atoms with Crippen LogP contribution in [-0.2, 0) is 4.79 Å². The highest BCUT2D eigenvalue weighted by Crippen LogP contribution is 2.18. The molecule has 0 spiro atoms. The number of anilines is 1. The number of carbonyl (C=O) groups is 1. The minimum atomic E-state index is -0.483. The lowest BCUT2D eigenvalue weighted by molar-refractivity contribution is -0.120. The fourth-order valence-corrected chi connectivity index (χ4v) is 2.03. The highest BCUT2D eigenvalue weighted by atomic mass is 19.1. The Kier molecular flexibility index (Phi) is 3.90. The lowest BCUT2D eigenvalue weighted by Gasteiger charge is -2.22. The molecular formula is C13H14FN3O. The third-order valence-corrected chi connectivity index (χ3v) is 3.03. The van der Waals surface area contributed by atoms with Crippen LogP contribution in [0.1, 0.15) is 18.4 Å². The predicted molar refractivity (Wildman–Crippen MR) is 65.3 cm³/mol. The third kappa shape index (κ3) is 2.84. The van der Waals surface area contributed by atoms with Crippen molar-refractivity contribution in [2.45, 2.75) is 12.8 Å². The van der Waals surface area contributed by atoms with Crippen LogP contribution in [0, 0.1) is 23.1 Å². The maximum absolute atomic E-state index is 13.0. The van der Waals surface area contributed by atoms with Gasteiger partial charge in [-0.1, -0.05) is 0 Å². The van der Waals surface area contributed by atoms with E-state index in [9.17, 15) is 9.18 Å². The van der Waals surface area contributed by atoms with Crippen LogP contribution in [0.4, 0.5) is 10.1 Å². The Bertz CT molecular complexity index is 489. The van der Waals surface area contributed by atoms with E-state index >= 15 is 0 Å². The molecule has 94 valence electrons. The smallest absolute Gasteiger partial charge is 0.228 e. The molecule has 0 aliphatic carbocycles. The van der Waals surface area contributed by atoms with Gasteiger partial charge in [0.25, 0.3) is 0 Å². The molecule has 0 saturated carbocycles. The first-order valence-corrected chi connectivity index (χ1v) is 5.92. The van der Waals surface area contributed by atoms with Crippen molar-refractivity contribution in [3.05, 3.63) is 29.6 Å². The number of rotatable bonds is 2. The molecule has 1 saturated heterocycles. The van der Waals surface area contributed by atoms with Crippen molar-refractivity contribution in [2.75, 3.05) is 18.4 Å². The molecule has 0 bridgehead atoms. The Morgan fingerprint density at radius 1 is 1.56 bits per heavy atom. The van der Waals surface area contributed by atoms with Crippen LogP contribution in [0.5, 0.6) is 0 Å². The van der Waals surface area contributed by atoms with E-state index in [2.05, 4.69) is 10.6 Å². The fourth-order valence-electron chi connectivity index (χ4n) is 2.03. The molecule has 1 atom stereocenters. The standard InChI is InChI=1S/C13H14FN3O/c14-11-3-4-12(10(6-11)7-15)17-13(18)9-2-1-5-16-8-9/h3-4,6,9,16H,1-2,5,8H2,(H,17,18)/t9-/m0/s1. The number of hydrogen-bond acceptors (Lipinski definition) is 3. The van der Waals surface area contributed by atoms with Crippen molar-refractivity contribution in [1.82, 2.24) is 5.32 Å². The van der Waals surface area contributed by atoms with Gasteiger partial charge in [-0.05, 0) is 37.6 Å². The van der Waals surface area contributed by atoms with Crippen LogP contribution < -0.4 is 10.6 Å². The zero-order valence-electron chi connectivity index (χ0n) is 9.87. The van der Waals surface area contributed by atoms with E-state index in [4.69, 9.17) is 5.26 Å². The highest BCUT2D eigenvalue weighted by molar-refractivity contribution is 5.94. The van der Waals surface area contributed by atoms with Crippen molar-refractivity contribution in [3.8, 4) is 6.07 Å². The molecule has 1 aliphatic heterocycles. The van der Waals surface area contributed by atoms with Crippen molar-refractivity contribution in [3.63, 3.8) is 0 Å². The van der Waals surface area contributed by atoms with E-state index in [0.29, 0.717) is 12.2 Å². The van der Waals surface area contributed by atoms with Gasteiger partial charge >= 0.3 is 0 Å². The molecule has 0 aromatic heterocycles. The Hall–Kier alpha value is -1.93. The molecule has 1 heterocycles. The average molecular weight is 247 g/mol. The molecule has 2 N–H and O–H groups in total. The minimum absolute atomic E-state index is 0.0876. The van der Waals surface area contributed by atoms with Gasteiger partial charge in [0.05, 0.1) is 17.2 Å². The van der Waals surface area contributed by atoms with E-state index in [-0.39, 0.29) is 17.4 Å². The second-order valence-electron chi connectivity index (χ2n) is 4.33. The number of carbonyl (C=O) groups excluding carboxylic acids is 1. The maximum Gasteiger partial charge on any atom is 0.228 e. The summed E-state index contributed by atoms with van der Waals surface area (Å²) in [5, 5.41) is 14.7. The lowest BCUT2D eigenvalue weighted by Crippen LogP contribution is -2.37. The summed E-state index contributed by atoms with van der Waals surface area (Å²) in [5.74, 6) is -0.690. The van der Waals surface area contributed by atoms with Gasteiger partial charge in [0.2, 0.25) is 5.91 Å². The van der Waals surface area contributed by atoms with Crippen LogP contribution in [-0.4, -0.2) is 19.0 Å². The molecular weight excluding hydrogens is 233 g/mol. The zero-order valence-corrected chi connectivity index (χ0v) is 9.87. The summed E-state index contributed by atoms with van der Waals surface area (Å²) < 4.78 is 13.0. The summed E-state index contributed by atoms with van der Waals surface area (Å²) >= 11 is 0. The fraction of sp³-hybridized carbons (Fsp3) is 0.385. The quantitative estimate of drug-likeness (QED) is 0.835. The van der Waals surface area contributed by atoms with Crippen molar-refractivity contribution < 1.29 is 9.18 Å². The van der Waals surface area contributed by atoms with Gasteiger partial charge in [-0.15, -0.1) is 0 Å². The largest absolute Gasteiger partial charge is 0.325 e. The summed E-state index contributed by atoms with van der Waals surface area (Å²) in [6.07, 6.45) is 1.80. The van der Waals surface area contributed by atoms with E-state index < -0.39 is 5.82 Å². The summed E-state index contributed by atoms with van der Waals surface area (Å²) in [5.41, 5.74) is 0.515. The van der Waals surface area contributed by atoms with E-state index in [1.54, 1.807) is 0 Å². The number of nitrogens with one attached hydrogen (secondary N) is 2. The molecule has 1 aliphatic rings.